The summed E-state index contributed by atoms with van der Waals surface area (Å²) in [6, 6.07) is 14.7. The summed E-state index contributed by atoms with van der Waals surface area (Å²) in [5.74, 6) is 0.426. The molecule has 0 spiro atoms. The molecule has 2 aromatic carbocycles. The quantitative estimate of drug-likeness (QED) is 0.225. The van der Waals surface area contributed by atoms with Crippen LogP contribution in [0.25, 0.3) is 0 Å². The first-order valence-corrected chi connectivity index (χ1v) is 9.13. The molecule has 0 saturated heterocycles. The van der Waals surface area contributed by atoms with Crippen molar-refractivity contribution in [3.05, 3.63) is 71.0 Å². The maximum absolute atomic E-state index is 13.2. The molecule has 0 aliphatic heterocycles. The molecule has 7 heteroatoms. The number of hydrogen-bond acceptors (Lipinski definition) is 3. The van der Waals surface area contributed by atoms with E-state index in [1.54, 1.807) is 13.1 Å². The van der Waals surface area contributed by atoms with Crippen molar-refractivity contribution in [2.45, 2.75) is 26.6 Å². The molecule has 2 N–H and O–H groups in total. The Morgan fingerprint density at radius 3 is 2.18 bits per heavy atom. The van der Waals surface area contributed by atoms with Crippen LogP contribution >= 0.6 is 24.0 Å². The minimum Gasteiger partial charge on any atom is -0.379 e. The lowest BCUT2D eigenvalue weighted by atomic mass is 10.1. The molecular formula is C21H29FIN3O2. The van der Waals surface area contributed by atoms with Gasteiger partial charge >= 0.3 is 0 Å². The Morgan fingerprint density at radius 2 is 1.54 bits per heavy atom. The van der Waals surface area contributed by atoms with Crippen molar-refractivity contribution in [2.24, 2.45) is 4.99 Å². The van der Waals surface area contributed by atoms with Crippen molar-refractivity contribution < 1.29 is 13.9 Å². The average molecular weight is 501 g/mol. The van der Waals surface area contributed by atoms with E-state index >= 15 is 0 Å². The molecule has 0 aliphatic rings. The highest BCUT2D eigenvalue weighted by Gasteiger charge is 2.01. The van der Waals surface area contributed by atoms with Gasteiger partial charge in [0.15, 0.2) is 5.96 Å². The van der Waals surface area contributed by atoms with Gasteiger partial charge in [-0.3, -0.25) is 4.99 Å². The van der Waals surface area contributed by atoms with Gasteiger partial charge in [-0.05, 0) is 35.7 Å². The van der Waals surface area contributed by atoms with Crippen LogP contribution in [0, 0.1) is 5.82 Å². The van der Waals surface area contributed by atoms with E-state index < -0.39 is 0 Å². The molecule has 0 saturated carbocycles. The molecule has 0 bridgehead atoms. The number of halogens is 2. The second-order valence-electron chi connectivity index (χ2n) is 5.98. The molecule has 0 heterocycles. The van der Waals surface area contributed by atoms with Gasteiger partial charge in [-0.25, -0.2) is 4.39 Å². The number of nitrogens with zero attached hydrogens (tertiary/aromatic N) is 1. The monoisotopic (exact) mass is 501 g/mol. The zero-order valence-electron chi connectivity index (χ0n) is 16.4. The zero-order chi connectivity index (χ0) is 19.3. The maximum Gasteiger partial charge on any atom is 0.191 e. The largest absolute Gasteiger partial charge is 0.379 e. The number of benzene rings is 2. The van der Waals surface area contributed by atoms with Crippen LogP contribution in [-0.2, 0) is 29.2 Å². The van der Waals surface area contributed by atoms with Gasteiger partial charge in [-0.1, -0.05) is 36.4 Å². The van der Waals surface area contributed by atoms with Crippen molar-refractivity contribution in [3.8, 4) is 0 Å². The van der Waals surface area contributed by atoms with Crippen LogP contribution in [0.15, 0.2) is 53.5 Å². The molecule has 5 nitrogen and oxygen atoms in total. The van der Waals surface area contributed by atoms with Crippen molar-refractivity contribution in [2.75, 3.05) is 26.9 Å². The fourth-order valence-electron chi connectivity index (χ4n) is 2.52. The second-order valence-corrected chi connectivity index (χ2v) is 5.98. The molecule has 0 fully saturated rings. The standard InChI is InChI=1S/C21H28FN3O2.HI/c1-3-26-10-11-27-16-19-8-4-6-17(12-19)14-24-21(23-2)25-15-18-7-5-9-20(22)13-18;/h4-9,12-13H,3,10-11,14-16H2,1-2H3,(H2,23,24,25);1H. The van der Waals surface area contributed by atoms with Crippen LogP contribution in [-0.4, -0.2) is 32.8 Å². The molecule has 0 radical (unpaired) electrons. The molecule has 2 rings (SSSR count). The van der Waals surface area contributed by atoms with Gasteiger partial charge in [0.05, 0.1) is 19.8 Å². The first-order chi connectivity index (χ1) is 13.2. The number of nitrogens with one attached hydrogen (secondary N) is 2. The summed E-state index contributed by atoms with van der Waals surface area (Å²) in [6.45, 7) is 5.59. The normalized spacial score (nSPS) is 11.0. The molecule has 0 aliphatic carbocycles. The third kappa shape index (κ3) is 9.48. The smallest absolute Gasteiger partial charge is 0.191 e. The second kappa shape index (κ2) is 14.3. The molecule has 2 aromatic rings. The summed E-state index contributed by atoms with van der Waals surface area (Å²) >= 11 is 0. The Labute approximate surface area is 183 Å². The lowest BCUT2D eigenvalue weighted by Gasteiger charge is -2.13. The predicted molar refractivity (Wildman–Crippen MR) is 121 cm³/mol. The van der Waals surface area contributed by atoms with E-state index in [-0.39, 0.29) is 29.8 Å². The first kappa shape index (κ1) is 24.3. The molecule has 154 valence electrons. The van der Waals surface area contributed by atoms with Crippen LogP contribution in [0.5, 0.6) is 0 Å². The summed E-state index contributed by atoms with van der Waals surface area (Å²) in [6.07, 6.45) is 0. The Morgan fingerprint density at radius 1 is 0.929 bits per heavy atom. The topological polar surface area (TPSA) is 54.9 Å². The molecule has 0 aromatic heterocycles. The van der Waals surface area contributed by atoms with E-state index in [4.69, 9.17) is 9.47 Å². The van der Waals surface area contributed by atoms with E-state index in [1.165, 1.54) is 12.1 Å². The fraction of sp³-hybridized carbons (Fsp3) is 0.381. The lowest BCUT2D eigenvalue weighted by Crippen LogP contribution is -2.36. The lowest BCUT2D eigenvalue weighted by molar-refractivity contribution is 0.0453. The summed E-state index contributed by atoms with van der Waals surface area (Å²) in [4.78, 5) is 4.20. The van der Waals surface area contributed by atoms with Crippen LogP contribution in [0.1, 0.15) is 23.6 Å². The summed E-state index contributed by atoms with van der Waals surface area (Å²) in [5.41, 5.74) is 3.12. The van der Waals surface area contributed by atoms with Crippen molar-refractivity contribution in [1.82, 2.24) is 10.6 Å². The van der Waals surface area contributed by atoms with Gasteiger partial charge in [-0.15, -0.1) is 24.0 Å². The Balaban J connectivity index is 0.00000392. The zero-order valence-corrected chi connectivity index (χ0v) is 18.7. The van der Waals surface area contributed by atoms with E-state index in [0.29, 0.717) is 45.5 Å². The van der Waals surface area contributed by atoms with Crippen LogP contribution in [0.4, 0.5) is 4.39 Å². The highest BCUT2D eigenvalue weighted by atomic mass is 127. The van der Waals surface area contributed by atoms with E-state index in [0.717, 1.165) is 16.7 Å². The fourth-order valence-corrected chi connectivity index (χ4v) is 2.52. The number of ether oxygens (including phenoxy) is 2. The third-order valence-electron chi connectivity index (χ3n) is 3.87. The molecular weight excluding hydrogens is 472 g/mol. The van der Waals surface area contributed by atoms with Gasteiger partial charge < -0.3 is 20.1 Å². The predicted octanol–water partition coefficient (Wildman–Crippen LogP) is 3.86. The van der Waals surface area contributed by atoms with E-state index in [9.17, 15) is 4.39 Å². The Hall–Kier alpha value is -1.71. The number of hydrogen-bond donors (Lipinski definition) is 2. The van der Waals surface area contributed by atoms with E-state index in [1.807, 2.05) is 25.1 Å². The van der Waals surface area contributed by atoms with Crippen molar-refractivity contribution >= 4 is 29.9 Å². The Bertz CT molecular complexity index is 728. The van der Waals surface area contributed by atoms with Crippen molar-refractivity contribution in [3.63, 3.8) is 0 Å². The minimum atomic E-state index is -0.238. The highest BCUT2D eigenvalue weighted by Crippen LogP contribution is 2.07. The SMILES string of the molecule is CCOCCOCc1cccc(CNC(=NC)NCc2cccc(F)c2)c1.I. The van der Waals surface area contributed by atoms with Crippen LogP contribution in [0.3, 0.4) is 0 Å². The Kier molecular flexibility index (Phi) is 12.4. The first-order valence-electron chi connectivity index (χ1n) is 9.13. The number of rotatable bonds is 10. The van der Waals surface area contributed by atoms with Crippen LogP contribution < -0.4 is 10.6 Å². The molecule has 28 heavy (non-hydrogen) atoms. The third-order valence-corrected chi connectivity index (χ3v) is 3.87. The summed E-state index contributed by atoms with van der Waals surface area (Å²) < 4.78 is 24.1. The highest BCUT2D eigenvalue weighted by molar-refractivity contribution is 14.0. The van der Waals surface area contributed by atoms with Gasteiger partial charge in [0.1, 0.15) is 5.82 Å². The molecule has 0 amide bonds. The van der Waals surface area contributed by atoms with Gasteiger partial charge in [0.2, 0.25) is 0 Å². The van der Waals surface area contributed by atoms with Gasteiger partial charge in [0, 0.05) is 26.7 Å². The average Bonchev–Trinajstić information content (AvgIpc) is 2.68. The number of guanidine groups is 1. The maximum atomic E-state index is 13.2. The number of aliphatic imine (C=N–C) groups is 1. The summed E-state index contributed by atoms with van der Waals surface area (Å²) in [7, 11) is 1.71. The molecule has 0 unspecified atom stereocenters. The summed E-state index contributed by atoms with van der Waals surface area (Å²) in [5, 5.41) is 6.45. The van der Waals surface area contributed by atoms with E-state index in [2.05, 4.69) is 27.8 Å². The molecule has 0 atom stereocenters. The van der Waals surface area contributed by atoms with Crippen molar-refractivity contribution in [1.29, 1.82) is 0 Å². The van der Waals surface area contributed by atoms with Crippen LogP contribution in [0.2, 0.25) is 0 Å². The van der Waals surface area contributed by atoms with Gasteiger partial charge in [-0.2, -0.15) is 0 Å². The van der Waals surface area contributed by atoms with Gasteiger partial charge in [0.25, 0.3) is 0 Å². The minimum absolute atomic E-state index is 0.